The molecule has 0 bridgehead atoms. The highest BCUT2D eigenvalue weighted by Crippen LogP contribution is 2.50. The Kier molecular flexibility index (Phi) is 5.47. The number of hydrogen-bond donors (Lipinski definition) is 3. The van der Waals surface area contributed by atoms with Crippen molar-refractivity contribution in [1.82, 2.24) is 10.3 Å². The lowest BCUT2D eigenvalue weighted by Gasteiger charge is -2.43. The zero-order valence-electron chi connectivity index (χ0n) is 21.2. The molecule has 3 amide bonds. The first-order valence-corrected chi connectivity index (χ1v) is 13.8. The average Bonchev–Trinajstić information content (AvgIpc) is 3.51. The summed E-state index contributed by atoms with van der Waals surface area (Å²) in [4.78, 5) is 34.2. The average molecular weight is 539 g/mol. The third kappa shape index (κ3) is 3.72. The number of aromatic nitrogens is 1. The first-order valence-electron chi connectivity index (χ1n) is 13.0. The largest absolute Gasteiger partial charge is 0.457 e. The quantitative estimate of drug-likeness (QED) is 0.260. The van der Waals surface area contributed by atoms with Crippen LogP contribution in [-0.2, 0) is 0 Å². The van der Waals surface area contributed by atoms with E-state index in [1.54, 1.807) is 17.2 Å². The summed E-state index contributed by atoms with van der Waals surface area (Å²) in [5.74, 6) is 1.12. The third-order valence-corrected chi connectivity index (χ3v) is 9.11. The maximum Gasteiger partial charge on any atom is 0.331 e. The molecule has 196 valence electrons. The number of amides is 3. The molecule has 1 spiro atoms. The standard InChI is InChI=1S/C30H26N4O4S/c1-17-16-19(38-18-6-3-2-4-7-18)9-10-20(17)34-21-12-15-31-28-24(21)25(33-29(34)37)26(39-28)27(36)32-22-11-14-30(22)13-5-8-23(30)35/h2-4,6-7,9-12,14-16,22-23,35H,5,8,13H2,1H3,(H,32,36)(H,33,37)/t22-,23+,30-/m1/s1. The van der Waals surface area contributed by atoms with Crippen LogP contribution in [0.5, 0.6) is 11.5 Å². The molecule has 3 heterocycles. The molecule has 2 aromatic carbocycles. The molecule has 9 heteroatoms. The van der Waals surface area contributed by atoms with E-state index >= 15 is 0 Å². The van der Waals surface area contributed by atoms with Crippen molar-refractivity contribution < 1.29 is 19.4 Å². The summed E-state index contributed by atoms with van der Waals surface area (Å²) < 4.78 is 5.97. The van der Waals surface area contributed by atoms with E-state index in [9.17, 15) is 14.7 Å². The number of aliphatic hydroxyl groups excluding tert-OH is 1. The summed E-state index contributed by atoms with van der Waals surface area (Å²) >= 11 is 1.26. The summed E-state index contributed by atoms with van der Waals surface area (Å²) in [7, 11) is 0. The van der Waals surface area contributed by atoms with Crippen molar-refractivity contribution in [3.05, 3.63) is 83.4 Å². The van der Waals surface area contributed by atoms with Gasteiger partial charge in [-0.3, -0.25) is 9.69 Å². The van der Waals surface area contributed by atoms with Gasteiger partial charge < -0.3 is 20.5 Å². The number of nitrogens with one attached hydrogen (secondary N) is 2. The van der Waals surface area contributed by atoms with Crippen LogP contribution in [-0.4, -0.2) is 34.2 Å². The van der Waals surface area contributed by atoms with Gasteiger partial charge in [-0.15, -0.1) is 11.3 Å². The molecule has 1 saturated carbocycles. The predicted molar refractivity (Wildman–Crippen MR) is 151 cm³/mol. The minimum Gasteiger partial charge on any atom is -0.457 e. The first kappa shape index (κ1) is 23.9. The molecule has 3 N–H and O–H groups in total. The summed E-state index contributed by atoms with van der Waals surface area (Å²) in [5, 5.41) is 17.3. The molecule has 2 aromatic heterocycles. The van der Waals surface area contributed by atoms with Crippen molar-refractivity contribution in [1.29, 1.82) is 0 Å². The van der Waals surface area contributed by atoms with Gasteiger partial charge in [-0.25, -0.2) is 9.78 Å². The van der Waals surface area contributed by atoms with Gasteiger partial charge in [0.15, 0.2) is 0 Å². The van der Waals surface area contributed by atoms with Crippen LogP contribution in [0.1, 0.15) is 34.5 Å². The number of benzene rings is 2. The number of pyridine rings is 1. The molecule has 1 aliphatic heterocycles. The lowest BCUT2D eigenvalue weighted by atomic mass is 9.69. The van der Waals surface area contributed by atoms with Crippen LogP contribution >= 0.6 is 11.3 Å². The molecule has 8 nitrogen and oxygen atoms in total. The van der Waals surface area contributed by atoms with Crippen molar-refractivity contribution >= 4 is 50.6 Å². The fourth-order valence-corrected chi connectivity index (χ4v) is 7.00. The number of carbonyl (C=O) groups excluding carboxylic acids is 2. The molecular formula is C30H26N4O4S. The van der Waals surface area contributed by atoms with Crippen LogP contribution in [0.4, 0.5) is 21.9 Å². The van der Waals surface area contributed by atoms with E-state index < -0.39 is 6.10 Å². The van der Waals surface area contributed by atoms with Gasteiger partial charge in [-0.1, -0.05) is 30.4 Å². The Morgan fingerprint density at radius 3 is 2.74 bits per heavy atom. The molecule has 0 unspecified atom stereocenters. The second-order valence-corrected chi connectivity index (χ2v) is 11.3. The van der Waals surface area contributed by atoms with Crippen LogP contribution in [0.15, 0.2) is 72.9 Å². The van der Waals surface area contributed by atoms with E-state index in [2.05, 4.69) is 15.6 Å². The fraction of sp³-hybridized carbons (Fsp3) is 0.233. The van der Waals surface area contributed by atoms with Crippen LogP contribution in [0.3, 0.4) is 0 Å². The summed E-state index contributed by atoms with van der Waals surface area (Å²) in [6.45, 7) is 1.93. The molecule has 0 radical (unpaired) electrons. The summed E-state index contributed by atoms with van der Waals surface area (Å²) in [6, 6.07) is 16.3. The van der Waals surface area contributed by atoms with Gasteiger partial charge in [0, 0.05) is 11.6 Å². The van der Waals surface area contributed by atoms with E-state index in [0.29, 0.717) is 32.5 Å². The normalized spacial score (nSPS) is 23.1. The lowest BCUT2D eigenvalue weighted by Crippen LogP contribution is -2.54. The minimum atomic E-state index is -0.456. The number of para-hydroxylation sites is 1. The Balaban J connectivity index is 1.21. The number of aryl methyl sites for hydroxylation is 1. The Bertz CT molecular complexity index is 1670. The second-order valence-electron chi connectivity index (χ2n) is 10.3. The van der Waals surface area contributed by atoms with Gasteiger partial charge in [0.25, 0.3) is 5.91 Å². The van der Waals surface area contributed by atoms with Gasteiger partial charge >= 0.3 is 6.03 Å². The molecule has 3 atom stereocenters. The van der Waals surface area contributed by atoms with Crippen molar-refractivity contribution in [3.63, 3.8) is 0 Å². The number of hydrogen-bond acceptors (Lipinski definition) is 6. The van der Waals surface area contributed by atoms with E-state index in [0.717, 1.165) is 36.0 Å². The van der Waals surface area contributed by atoms with Crippen molar-refractivity contribution in [2.75, 3.05) is 10.2 Å². The van der Waals surface area contributed by atoms with Gasteiger partial charge in [0.1, 0.15) is 21.2 Å². The van der Waals surface area contributed by atoms with Gasteiger partial charge in [0.2, 0.25) is 0 Å². The molecule has 0 saturated heterocycles. The Morgan fingerprint density at radius 2 is 2.03 bits per heavy atom. The predicted octanol–water partition coefficient (Wildman–Crippen LogP) is 6.28. The highest BCUT2D eigenvalue weighted by atomic mass is 32.1. The molecule has 7 rings (SSSR count). The number of anilines is 3. The monoisotopic (exact) mass is 538 g/mol. The maximum absolute atomic E-state index is 13.5. The molecule has 1 fully saturated rings. The van der Waals surface area contributed by atoms with Gasteiger partial charge in [-0.05, 0) is 68.1 Å². The molecule has 3 aliphatic rings. The van der Waals surface area contributed by atoms with Crippen LogP contribution < -0.4 is 20.3 Å². The Labute approximate surface area is 228 Å². The topological polar surface area (TPSA) is 104 Å². The number of nitrogens with zero attached hydrogens (tertiary/aromatic N) is 2. The molecule has 4 aromatic rings. The summed E-state index contributed by atoms with van der Waals surface area (Å²) in [5.41, 5.74) is 2.32. The van der Waals surface area contributed by atoms with E-state index in [4.69, 9.17) is 4.74 Å². The third-order valence-electron chi connectivity index (χ3n) is 8.01. The number of ether oxygens (including phenoxy) is 1. The number of aliphatic hydroxyl groups is 1. The zero-order chi connectivity index (χ0) is 26.7. The molecular weight excluding hydrogens is 512 g/mol. The van der Waals surface area contributed by atoms with Crippen LogP contribution in [0.25, 0.3) is 10.2 Å². The van der Waals surface area contributed by atoms with Crippen LogP contribution in [0.2, 0.25) is 0 Å². The van der Waals surface area contributed by atoms with Crippen molar-refractivity contribution in [2.24, 2.45) is 5.41 Å². The maximum atomic E-state index is 13.5. The summed E-state index contributed by atoms with van der Waals surface area (Å²) in [6.07, 6.45) is 7.67. The first-order chi connectivity index (χ1) is 18.9. The number of rotatable bonds is 5. The van der Waals surface area contributed by atoms with E-state index in [1.807, 2.05) is 67.6 Å². The highest BCUT2D eigenvalue weighted by Gasteiger charge is 2.50. The minimum absolute atomic E-state index is 0.234. The van der Waals surface area contributed by atoms with Gasteiger partial charge in [-0.2, -0.15) is 0 Å². The van der Waals surface area contributed by atoms with E-state index in [1.165, 1.54) is 11.3 Å². The Morgan fingerprint density at radius 1 is 1.18 bits per heavy atom. The Hall–Kier alpha value is -4.21. The number of thiophene rings is 1. The second kappa shape index (κ2) is 8.93. The fourth-order valence-electron chi connectivity index (χ4n) is 5.97. The SMILES string of the molecule is Cc1cc(Oc2ccccc2)ccc1N1C(=O)Nc2c(C(=O)N[C@@H]3C=C[C@]34CCC[C@@H]4O)sc3nccc1c23. The van der Waals surface area contributed by atoms with Crippen molar-refractivity contribution in [2.45, 2.75) is 38.3 Å². The number of urea groups is 1. The molecule has 39 heavy (non-hydrogen) atoms. The highest BCUT2D eigenvalue weighted by molar-refractivity contribution is 7.21. The lowest BCUT2D eigenvalue weighted by molar-refractivity contribution is 0.0519. The number of carbonyl (C=O) groups is 2. The van der Waals surface area contributed by atoms with E-state index in [-0.39, 0.29) is 23.4 Å². The van der Waals surface area contributed by atoms with Crippen LogP contribution in [0, 0.1) is 12.3 Å². The van der Waals surface area contributed by atoms with Crippen molar-refractivity contribution in [3.8, 4) is 11.5 Å². The zero-order valence-corrected chi connectivity index (χ0v) is 22.0. The van der Waals surface area contributed by atoms with Gasteiger partial charge in [0.05, 0.1) is 34.6 Å². The molecule has 2 aliphatic carbocycles. The smallest absolute Gasteiger partial charge is 0.331 e.